The zero-order valence-corrected chi connectivity index (χ0v) is 19.5. The first-order valence-corrected chi connectivity index (χ1v) is 11.2. The van der Waals surface area contributed by atoms with Crippen LogP contribution in [0.2, 0.25) is 0 Å². The van der Waals surface area contributed by atoms with Crippen molar-refractivity contribution in [3.63, 3.8) is 0 Å². The molecule has 0 aliphatic rings. The quantitative estimate of drug-likeness (QED) is 0.204. The highest BCUT2D eigenvalue weighted by molar-refractivity contribution is 6.05. The number of benzene rings is 3. The van der Waals surface area contributed by atoms with Crippen molar-refractivity contribution < 1.29 is 18.0 Å². The number of nitrogen functional groups attached to an aromatic ring is 1. The van der Waals surface area contributed by atoms with Gasteiger partial charge in [-0.15, -0.1) is 0 Å². The molecule has 5 aromatic rings. The second-order valence-corrected chi connectivity index (χ2v) is 8.44. The number of aromatic nitrogens is 3. The van der Waals surface area contributed by atoms with Crippen molar-refractivity contribution in [2.75, 3.05) is 16.4 Å². The molecule has 0 unspecified atom stereocenters. The largest absolute Gasteiger partial charge is 0.416 e. The predicted molar refractivity (Wildman–Crippen MR) is 138 cm³/mol. The Hall–Kier alpha value is -4.86. The summed E-state index contributed by atoms with van der Waals surface area (Å²) in [6, 6.07) is 18.5. The Bertz CT molecular complexity index is 1610. The molecule has 37 heavy (non-hydrogen) atoms. The lowest BCUT2D eigenvalue weighted by Crippen LogP contribution is -2.13. The fraction of sp³-hybridized carbons (Fsp3) is 0.0741. The summed E-state index contributed by atoms with van der Waals surface area (Å²) in [5.41, 5.74) is 9.50. The summed E-state index contributed by atoms with van der Waals surface area (Å²) < 4.78 is 39.1. The molecule has 5 N–H and O–H groups in total. The van der Waals surface area contributed by atoms with Crippen LogP contribution in [0, 0.1) is 6.92 Å². The van der Waals surface area contributed by atoms with E-state index in [0.717, 1.165) is 23.3 Å². The van der Waals surface area contributed by atoms with Crippen molar-refractivity contribution in [1.29, 1.82) is 0 Å². The van der Waals surface area contributed by atoms with E-state index >= 15 is 0 Å². The highest BCUT2D eigenvalue weighted by Crippen LogP contribution is 2.31. The molecule has 186 valence electrons. The molecule has 5 rings (SSSR count). The van der Waals surface area contributed by atoms with E-state index in [-0.39, 0.29) is 11.3 Å². The highest BCUT2D eigenvalue weighted by Gasteiger charge is 2.30. The first kappa shape index (κ1) is 23.9. The van der Waals surface area contributed by atoms with Gasteiger partial charge in [-0.1, -0.05) is 12.1 Å². The number of fused-ring (bicyclic) bond motifs is 1. The van der Waals surface area contributed by atoms with E-state index in [4.69, 9.17) is 5.73 Å². The van der Waals surface area contributed by atoms with E-state index < -0.39 is 17.6 Å². The second-order valence-electron chi connectivity index (χ2n) is 8.44. The van der Waals surface area contributed by atoms with Gasteiger partial charge in [0.15, 0.2) is 11.6 Å². The minimum atomic E-state index is -4.51. The number of amides is 1. The fourth-order valence-corrected chi connectivity index (χ4v) is 3.80. The Morgan fingerprint density at radius 2 is 1.76 bits per heavy atom. The van der Waals surface area contributed by atoms with Gasteiger partial charge in [-0.2, -0.15) is 13.2 Å². The Balaban J connectivity index is 1.45. The van der Waals surface area contributed by atoms with Gasteiger partial charge in [0, 0.05) is 34.4 Å². The number of hydrogen-bond acceptors (Lipinski definition) is 5. The van der Waals surface area contributed by atoms with Gasteiger partial charge >= 0.3 is 6.18 Å². The molecule has 7 nitrogen and oxygen atoms in total. The minimum absolute atomic E-state index is 0.0481. The van der Waals surface area contributed by atoms with Crippen molar-refractivity contribution in [3.05, 3.63) is 95.7 Å². The van der Waals surface area contributed by atoms with Crippen molar-refractivity contribution in [1.82, 2.24) is 15.0 Å². The molecular weight excluding hydrogens is 481 g/mol. The Kier molecular flexibility index (Phi) is 6.00. The number of carbonyl (C=O) groups excluding carboxylic acids is 1. The number of carbonyl (C=O) groups is 1. The van der Waals surface area contributed by atoms with E-state index in [1.165, 1.54) is 12.1 Å². The summed E-state index contributed by atoms with van der Waals surface area (Å²) in [6.07, 6.45) is -2.75. The van der Waals surface area contributed by atoms with Crippen LogP contribution in [0.15, 0.2) is 79.0 Å². The lowest BCUT2D eigenvalue weighted by Gasteiger charge is -2.14. The van der Waals surface area contributed by atoms with Gasteiger partial charge in [-0.3, -0.25) is 4.79 Å². The summed E-state index contributed by atoms with van der Waals surface area (Å²) in [5.74, 6) is 0.448. The predicted octanol–water partition coefficient (Wildman–Crippen LogP) is 6.53. The van der Waals surface area contributed by atoms with E-state index in [2.05, 4.69) is 25.6 Å². The Morgan fingerprint density at radius 1 is 0.973 bits per heavy atom. The van der Waals surface area contributed by atoms with Gasteiger partial charge in [0.1, 0.15) is 5.52 Å². The van der Waals surface area contributed by atoms with E-state index in [1.54, 1.807) is 36.5 Å². The van der Waals surface area contributed by atoms with Gasteiger partial charge in [-0.05, 0) is 73.2 Å². The number of rotatable bonds is 5. The van der Waals surface area contributed by atoms with E-state index in [9.17, 15) is 18.0 Å². The molecular formula is C27H21F3N6O. The molecule has 10 heteroatoms. The normalized spacial score (nSPS) is 11.5. The summed E-state index contributed by atoms with van der Waals surface area (Å²) in [7, 11) is 0. The van der Waals surface area contributed by atoms with Crippen LogP contribution in [-0.4, -0.2) is 20.9 Å². The monoisotopic (exact) mass is 502 g/mol. The van der Waals surface area contributed by atoms with Crippen LogP contribution in [0.1, 0.15) is 21.5 Å². The molecule has 0 atom stereocenters. The zero-order valence-electron chi connectivity index (χ0n) is 19.5. The Labute approximate surface area is 209 Å². The number of nitrogens with one attached hydrogen (secondary N) is 3. The van der Waals surface area contributed by atoms with Gasteiger partial charge in [-0.25, -0.2) is 9.97 Å². The number of H-pyrrole nitrogens is 1. The number of anilines is 4. The minimum Gasteiger partial charge on any atom is -0.399 e. The van der Waals surface area contributed by atoms with Crippen LogP contribution in [0.5, 0.6) is 0 Å². The lowest BCUT2D eigenvalue weighted by molar-refractivity contribution is -0.137. The van der Waals surface area contributed by atoms with Crippen LogP contribution in [0.4, 0.5) is 36.1 Å². The molecule has 0 saturated heterocycles. The molecule has 3 aromatic carbocycles. The molecule has 0 saturated carbocycles. The fourth-order valence-electron chi connectivity index (χ4n) is 3.80. The number of nitrogens with zero attached hydrogens (tertiary/aromatic N) is 2. The second kappa shape index (κ2) is 9.30. The number of hydrogen-bond donors (Lipinski definition) is 4. The lowest BCUT2D eigenvalue weighted by atomic mass is 10.1. The summed E-state index contributed by atoms with van der Waals surface area (Å²) in [4.78, 5) is 25.3. The molecule has 0 aliphatic carbocycles. The van der Waals surface area contributed by atoms with Crippen molar-refractivity contribution in [2.24, 2.45) is 0 Å². The third kappa shape index (κ3) is 5.08. The van der Waals surface area contributed by atoms with Crippen LogP contribution >= 0.6 is 0 Å². The third-order valence-corrected chi connectivity index (χ3v) is 5.78. The summed E-state index contributed by atoms with van der Waals surface area (Å²) in [6.45, 7) is 1.87. The number of aromatic amines is 1. The molecule has 2 aromatic heterocycles. The van der Waals surface area contributed by atoms with Crippen molar-refractivity contribution >= 4 is 39.8 Å². The first-order valence-electron chi connectivity index (χ1n) is 11.2. The summed E-state index contributed by atoms with van der Waals surface area (Å²) >= 11 is 0. The highest BCUT2D eigenvalue weighted by atomic mass is 19.4. The van der Waals surface area contributed by atoms with Crippen LogP contribution in [0.3, 0.4) is 0 Å². The molecule has 0 bridgehead atoms. The van der Waals surface area contributed by atoms with Crippen molar-refractivity contribution in [3.8, 4) is 11.4 Å². The molecule has 0 radical (unpaired) electrons. The van der Waals surface area contributed by atoms with Crippen LogP contribution in [0.25, 0.3) is 22.4 Å². The molecule has 0 fully saturated rings. The molecule has 1 amide bonds. The smallest absolute Gasteiger partial charge is 0.399 e. The van der Waals surface area contributed by atoms with Gasteiger partial charge in [0.05, 0.1) is 11.1 Å². The number of aryl methyl sites for hydroxylation is 1. The van der Waals surface area contributed by atoms with Crippen LogP contribution in [-0.2, 0) is 6.18 Å². The third-order valence-electron chi connectivity index (χ3n) is 5.78. The van der Waals surface area contributed by atoms with Gasteiger partial charge in [0.25, 0.3) is 5.91 Å². The first-order chi connectivity index (χ1) is 17.7. The zero-order chi connectivity index (χ0) is 26.2. The molecule has 2 heterocycles. The van der Waals surface area contributed by atoms with E-state index in [1.807, 2.05) is 25.1 Å². The van der Waals surface area contributed by atoms with Crippen molar-refractivity contribution in [2.45, 2.75) is 13.1 Å². The average molecular weight is 503 g/mol. The number of halogens is 3. The maximum absolute atomic E-state index is 13.0. The van der Waals surface area contributed by atoms with Gasteiger partial charge in [0.2, 0.25) is 0 Å². The SMILES string of the molecule is Cc1ccc(C(=O)Nc2cccc(C(F)(F)F)c2)cc1Nc1nc(-c2ccc(N)cc2)nc2cc[nH]c12. The topological polar surface area (TPSA) is 109 Å². The molecule has 0 spiro atoms. The Morgan fingerprint density at radius 3 is 2.51 bits per heavy atom. The maximum atomic E-state index is 13.0. The average Bonchev–Trinajstić information content (AvgIpc) is 3.34. The van der Waals surface area contributed by atoms with Gasteiger partial charge < -0.3 is 21.4 Å². The standard InChI is InChI=1S/C27H21F3N6O/c1-15-5-6-17(26(37)33-20-4-2-3-18(14-20)27(28,29)30)13-22(15)35-25-23-21(11-12-32-23)34-24(36-25)16-7-9-19(31)10-8-16/h2-14,32H,31H2,1H3,(H,33,37)(H,34,35,36). The van der Waals surface area contributed by atoms with Crippen LogP contribution < -0.4 is 16.4 Å². The molecule has 0 aliphatic heterocycles. The summed E-state index contributed by atoms with van der Waals surface area (Å²) in [5, 5.41) is 5.81. The van der Waals surface area contributed by atoms with E-state index in [0.29, 0.717) is 34.1 Å². The number of nitrogens with two attached hydrogens (primary N) is 1. The number of alkyl halides is 3. The maximum Gasteiger partial charge on any atom is 0.416 e.